The van der Waals surface area contributed by atoms with Crippen LogP contribution in [0.4, 0.5) is 13.2 Å². The smallest absolute Gasteiger partial charge is 0.409 e. The largest absolute Gasteiger partial charge is 0.466 e. The molecule has 1 heterocycles. The van der Waals surface area contributed by atoms with Gasteiger partial charge in [0.2, 0.25) is 11.8 Å². The SMILES string of the molecule is CCOC(=O)CC(NC(=O)C1(C)CCC(=O)NC1)C(F)(F)F. The second-order valence-corrected chi connectivity index (χ2v) is 5.41. The van der Waals surface area contributed by atoms with Gasteiger partial charge in [-0.3, -0.25) is 14.4 Å². The molecule has 9 heteroatoms. The number of nitrogens with one attached hydrogen (secondary N) is 2. The molecule has 1 saturated heterocycles. The lowest BCUT2D eigenvalue weighted by Gasteiger charge is -2.34. The standard InChI is InChI=1S/C13H19F3N2O4/c1-3-22-10(20)6-8(13(14,15)16)18-11(21)12(2)5-4-9(19)17-7-12/h8H,3-7H2,1-2H3,(H,17,19)(H,18,21). The first-order chi connectivity index (χ1) is 10.1. The van der Waals surface area contributed by atoms with Crippen molar-refractivity contribution in [1.29, 1.82) is 0 Å². The monoisotopic (exact) mass is 324 g/mol. The molecular formula is C13H19F3N2O4. The Morgan fingerprint density at radius 1 is 1.45 bits per heavy atom. The summed E-state index contributed by atoms with van der Waals surface area (Å²) in [5, 5.41) is 4.31. The van der Waals surface area contributed by atoms with E-state index < -0.39 is 35.9 Å². The number of alkyl halides is 3. The molecule has 1 fully saturated rings. The lowest BCUT2D eigenvalue weighted by atomic mass is 9.81. The Kier molecular flexibility index (Phi) is 5.78. The van der Waals surface area contributed by atoms with E-state index in [0.717, 1.165) is 0 Å². The van der Waals surface area contributed by atoms with Crippen LogP contribution < -0.4 is 10.6 Å². The molecule has 22 heavy (non-hydrogen) atoms. The maximum absolute atomic E-state index is 12.9. The van der Waals surface area contributed by atoms with E-state index in [1.807, 2.05) is 5.32 Å². The van der Waals surface area contributed by atoms with Crippen LogP contribution in [0.5, 0.6) is 0 Å². The van der Waals surface area contributed by atoms with Gasteiger partial charge in [-0.2, -0.15) is 13.2 Å². The molecular weight excluding hydrogens is 305 g/mol. The molecule has 2 unspecified atom stereocenters. The second kappa shape index (κ2) is 6.97. The first-order valence-electron chi connectivity index (χ1n) is 6.88. The number of amides is 2. The molecule has 0 aromatic carbocycles. The van der Waals surface area contributed by atoms with Crippen molar-refractivity contribution in [3.05, 3.63) is 0 Å². The molecule has 0 bridgehead atoms. The molecule has 2 atom stereocenters. The van der Waals surface area contributed by atoms with Crippen molar-refractivity contribution >= 4 is 17.8 Å². The van der Waals surface area contributed by atoms with Gasteiger partial charge in [0.25, 0.3) is 0 Å². The molecule has 0 radical (unpaired) electrons. The van der Waals surface area contributed by atoms with Gasteiger partial charge in [-0.05, 0) is 20.3 Å². The molecule has 6 nitrogen and oxygen atoms in total. The van der Waals surface area contributed by atoms with Crippen molar-refractivity contribution in [2.75, 3.05) is 13.2 Å². The Hall–Kier alpha value is -1.80. The Balaban J connectivity index is 2.74. The van der Waals surface area contributed by atoms with Crippen molar-refractivity contribution in [2.45, 2.75) is 45.3 Å². The van der Waals surface area contributed by atoms with Crippen LogP contribution in [0.25, 0.3) is 0 Å². The highest BCUT2D eigenvalue weighted by Gasteiger charge is 2.46. The minimum absolute atomic E-state index is 0.0400. The van der Waals surface area contributed by atoms with Crippen molar-refractivity contribution in [1.82, 2.24) is 10.6 Å². The van der Waals surface area contributed by atoms with Gasteiger partial charge in [0.15, 0.2) is 0 Å². The zero-order valence-electron chi connectivity index (χ0n) is 12.4. The number of carbonyl (C=O) groups excluding carboxylic acids is 3. The molecule has 0 aliphatic carbocycles. The Bertz CT molecular complexity index is 441. The summed E-state index contributed by atoms with van der Waals surface area (Å²) in [5.41, 5.74) is -1.13. The lowest BCUT2D eigenvalue weighted by molar-refractivity contribution is -0.174. The summed E-state index contributed by atoms with van der Waals surface area (Å²) in [7, 11) is 0. The summed E-state index contributed by atoms with van der Waals surface area (Å²) in [6.07, 6.45) is -5.53. The van der Waals surface area contributed by atoms with Crippen molar-refractivity contribution in [3.63, 3.8) is 0 Å². The zero-order valence-corrected chi connectivity index (χ0v) is 12.4. The van der Waals surface area contributed by atoms with Gasteiger partial charge < -0.3 is 15.4 Å². The number of piperidine rings is 1. The Morgan fingerprint density at radius 3 is 2.55 bits per heavy atom. The number of rotatable bonds is 5. The summed E-state index contributed by atoms with van der Waals surface area (Å²) in [4.78, 5) is 34.4. The minimum Gasteiger partial charge on any atom is -0.466 e. The molecule has 2 amide bonds. The van der Waals surface area contributed by atoms with Crippen LogP contribution in [0.15, 0.2) is 0 Å². The zero-order chi connectivity index (χ0) is 17.0. The average molecular weight is 324 g/mol. The topological polar surface area (TPSA) is 84.5 Å². The van der Waals surface area contributed by atoms with Crippen molar-refractivity contribution < 1.29 is 32.3 Å². The van der Waals surface area contributed by atoms with Crippen molar-refractivity contribution in [3.8, 4) is 0 Å². The van der Waals surface area contributed by atoms with Crippen LogP contribution in [0.3, 0.4) is 0 Å². The van der Waals surface area contributed by atoms with Crippen LogP contribution in [-0.4, -0.2) is 43.2 Å². The van der Waals surface area contributed by atoms with Crippen LogP contribution in [0.2, 0.25) is 0 Å². The molecule has 0 aromatic heterocycles. The second-order valence-electron chi connectivity index (χ2n) is 5.41. The molecule has 0 aromatic rings. The van der Waals surface area contributed by atoms with Gasteiger partial charge in [0.05, 0.1) is 18.4 Å². The fourth-order valence-corrected chi connectivity index (χ4v) is 2.02. The minimum atomic E-state index is -4.77. The summed E-state index contributed by atoms with van der Waals surface area (Å²) in [5.74, 6) is -2.13. The summed E-state index contributed by atoms with van der Waals surface area (Å²) < 4.78 is 43.3. The molecule has 0 saturated carbocycles. The van der Waals surface area contributed by atoms with E-state index in [1.54, 1.807) is 0 Å². The summed E-state index contributed by atoms with van der Waals surface area (Å²) >= 11 is 0. The third-order valence-electron chi connectivity index (χ3n) is 3.50. The van der Waals surface area contributed by atoms with Gasteiger partial charge in [0.1, 0.15) is 6.04 Å². The number of hydrogen-bond acceptors (Lipinski definition) is 4. The molecule has 1 rings (SSSR count). The summed E-state index contributed by atoms with van der Waals surface area (Å²) in [6, 6.07) is -2.31. The number of hydrogen-bond donors (Lipinski definition) is 2. The van der Waals surface area contributed by atoms with Gasteiger partial charge in [0, 0.05) is 13.0 Å². The van der Waals surface area contributed by atoms with Crippen LogP contribution >= 0.6 is 0 Å². The quantitative estimate of drug-likeness (QED) is 0.736. The van der Waals surface area contributed by atoms with Crippen molar-refractivity contribution in [2.24, 2.45) is 5.41 Å². The van der Waals surface area contributed by atoms with Crippen LogP contribution in [0.1, 0.15) is 33.1 Å². The predicted octanol–water partition coefficient (Wildman–Crippen LogP) is 0.903. The highest BCUT2D eigenvalue weighted by atomic mass is 19.4. The Morgan fingerprint density at radius 2 is 2.09 bits per heavy atom. The molecule has 1 aliphatic heterocycles. The Labute approximate surface area is 125 Å². The first kappa shape index (κ1) is 18.2. The number of ether oxygens (including phenoxy) is 1. The molecule has 126 valence electrons. The number of halogens is 3. The predicted molar refractivity (Wildman–Crippen MR) is 69.6 cm³/mol. The van der Waals surface area contributed by atoms with E-state index in [2.05, 4.69) is 10.1 Å². The van der Waals surface area contributed by atoms with Gasteiger partial charge in [-0.15, -0.1) is 0 Å². The molecule has 1 aliphatic rings. The van der Waals surface area contributed by atoms with Crippen LogP contribution in [-0.2, 0) is 19.1 Å². The van der Waals surface area contributed by atoms with Gasteiger partial charge in [-0.25, -0.2) is 0 Å². The number of carbonyl (C=O) groups is 3. The average Bonchev–Trinajstić information content (AvgIpc) is 2.40. The highest BCUT2D eigenvalue weighted by molar-refractivity contribution is 5.87. The summed E-state index contributed by atoms with van der Waals surface area (Å²) in [6.45, 7) is 2.87. The van der Waals surface area contributed by atoms with E-state index in [1.165, 1.54) is 13.8 Å². The normalized spacial score (nSPS) is 23.4. The maximum atomic E-state index is 12.9. The fraction of sp³-hybridized carbons (Fsp3) is 0.769. The van der Waals surface area contributed by atoms with Gasteiger partial charge in [-0.1, -0.05) is 0 Å². The van der Waals surface area contributed by atoms with E-state index in [9.17, 15) is 27.6 Å². The van der Waals surface area contributed by atoms with E-state index in [4.69, 9.17) is 0 Å². The molecule has 2 N–H and O–H groups in total. The maximum Gasteiger partial charge on any atom is 0.409 e. The number of esters is 1. The third kappa shape index (κ3) is 4.88. The van der Waals surface area contributed by atoms with E-state index in [-0.39, 0.29) is 31.9 Å². The molecule has 0 spiro atoms. The van der Waals surface area contributed by atoms with Crippen LogP contribution in [0, 0.1) is 5.41 Å². The fourth-order valence-electron chi connectivity index (χ4n) is 2.02. The third-order valence-corrected chi connectivity index (χ3v) is 3.50. The first-order valence-corrected chi connectivity index (χ1v) is 6.88. The highest BCUT2D eigenvalue weighted by Crippen LogP contribution is 2.29. The van der Waals surface area contributed by atoms with E-state index in [0.29, 0.717) is 0 Å². The van der Waals surface area contributed by atoms with E-state index >= 15 is 0 Å². The lowest BCUT2D eigenvalue weighted by Crippen LogP contribution is -2.55. The van der Waals surface area contributed by atoms with Gasteiger partial charge >= 0.3 is 12.1 Å².